The molecule has 1 fully saturated rings. The highest BCUT2D eigenvalue weighted by Gasteiger charge is 2.36. The molecule has 0 atom stereocenters. The van der Waals surface area contributed by atoms with Crippen LogP contribution >= 0.6 is 7.26 Å². The van der Waals surface area contributed by atoms with E-state index in [2.05, 4.69) is 62.4 Å². The quantitative estimate of drug-likeness (QED) is 0.361. The smallest absolute Gasteiger partial charge is 0.125 e. The molecule has 0 amide bonds. The minimum Gasteiger partial charge on any atom is -0.493 e. The number of rotatable bonds is 7. The van der Waals surface area contributed by atoms with E-state index in [-0.39, 0.29) is 0 Å². The largest absolute Gasteiger partial charge is 0.493 e. The van der Waals surface area contributed by atoms with Gasteiger partial charge in [-0.2, -0.15) is 0 Å². The molecule has 0 aromatic heterocycles. The zero-order valence-corrected chi connectivity index (χ0v) is 18.1. The van der Waals surface area contributed by atoms with Crippen LogP contribution in [0.4, 0.5) is 0 Å². The average Bonchev–Trinajstić information content (AvgIpc) is 2.65. The van der Waals surface area contributed by atoms with Crippen LogP contribution in [0.3, 0.4) is 0 Å². The van der Waals surface area contributed by atoms with E-state index in [1.165, 1.54) is 74.3 Å². The Hall–Kier alpha value is -1.33. The van der Waals surface area contributed by atoms with Crippen LogP contribution in [0.15, 0.2) is 48.5 Å². The zero-order valence-electron chi connectivity index (χ0n) is 17.3. The molecule has 2 aromatic rings. The van der Waals surface area contributed by atoms with Gasteiger partial charge in [0.15, 0.2) is 0 Å². The Bertz CT molecular complexity index is 666. The summed E-state index contributed by atoms with van der Waals surface area (Å²) in [4.78, 5) is 0. The van der Waals surface area contributed by atoms with E-state index in [1.807, 2.05) is 0 Å². The lowest BCUT2D eigenvalue weighted by Gasteiger charge is -2.30. The number of hydrogen-bond acceptors (Lipinski definition) is 1. The van der Waals surface area contributed by atoms with Gasteiger partial charge in [-0.15, -0.1) is 0 Å². The molecular formula is C25H36OP+. The van der Waals surface area contributed by atoms with Crippen molar-refractivity contribution in [2.45, 2.75) is 58.5 Å². The molecular weight excluding hydrogens is 347 g/mol. The van der Waals surface area contributed by atoms with Gasteiger partial charge in [0.1, 0.15) is 5.75 Å². The Balaban J connectivity index is 1.62. The van der Waals surface area contributed by atoms with Gasteiger partial charge in [0.05, 0.1) is 31.3 Å². The molecule has 3 rings (SSSR count). The molecule has 1 saturated heterocycles. The summed E-state index contributed by atoms with van der Waals surface area (Å²) in [7, 11) is -0.908. The monoisotopic (exact) mass is 383 g/mol. The van der Waals surface area contributed by atoms with Crippen LogP contribution in [0.5, 0.6) is 5.75 Å². The first-order valence-corrected chi connectivity index (χ1v) is 13.3. The minimum absolute atomic E-state index is 0.863. The third kappa shape index (κ3) is 6.08. The van der Waals surface area contributed by atoms with Gasteiger partial charge in [0, 0.05) is 13.7 Å². The van der Waals surface area contributed by atoms with Crippen molar-refractivity contribution in [1.82, 2.24) is 0 Å². The second-order valence-corrected chi connectivity index (χ2v) is 12.7. The topological polar surface area (TPSA) is 9.23 Å². The minimum atomic E-state index is -0.908. The summed E-state index contributed by atoms with van der Waals surface area (Å²) in [5.41, 5.74) is 4.08. The molecule has 2 heteroatoms. The van der Waals surface area contributed by atoms with Crippen LogP contribution in [-0.2, 0) is 6.16 Å². The summed E-state index contributed by atoms with van der Waals surface area (Å²) in [5.74, 6) is 1.10. The number of ether oxygens (including phenoxy) is 1. The molecule has 0 saturated carbocycles. The fourth-order valence-corrected chi connectivity index (χ4v) is 9.29. The molecule has 2 aromatic carbocycles. The first kappa shape index (κ1) is 20.4. The van der Waals surface area contributed by atoms with Crippen LogP contribution in [0.2, 0.25) is 0 Å². The lowest BCUT2D eigenvalue weighted by molar-refractivity contribution is 0.314. The van der Waals surface area contributed by atoms with Gasteiger partial charge in [-0.05, 0) is 56.2 Å². The molecule has 0 aliphatic carbocycles. The third-order valence-electron chi connectivity index (χ3n) is 6.06. The van der Waals surface area contributed by atoms with E-state index < -0.39 is 7.26 Å². The van der Waals surface area contributed by atoms with E-state index >= 15 is 0 Å². The van der Waals surface area contributed by atoms with Gasteiger partial charge >= 0.3 is 0 Å². The SMILES string of the molecule is Cc1cccc(C)c1OCCC[P+]1(Cc2ccccc2)CCCCCCC1. The van der Waals surface area contributed by atoms with Crippen LogP contribution in [0.25, 0.3) is 0 Å². The van der Waals surface area contributed by atoms with Crippen LogP contribution in [0, 0.1) is 13.8 Å². The lowest BCUT2D eigenvalue weighted by atomic mass is 10.1. The Morgan fingerprint density at radius 1 is 0.778 bits per heavy atom. The van der Waals surface area contributed by atoms with Gasteiger partial charge in [-0.25, -0.2) is 0 Å². The molecule has 0 radical (unpaired) electrons. The summed E-state index contributed by atoms with van der Waals surface area (Å²) in [5, 5.41) is 0. The number of aryl methyl sites for hydroxylation is 2. The number of hydrogen-bond donors (Lipinski definition) is 0. The summed E-state index contributed by atoms with van der Waals surface area (Å²) in [6, 6.07) is 17.7. The van der Waals surface area contributed by atoms with Crippen LogP contribution < -0.4 is 4.74 Å². The Morgan fingerprint density at radius 3 is 2.07 bits per heavy atom. The van der Waals surface area contributed by atoms with Gasteiger partial charge in [0.25, 0.3) is 0 Å². The van der Waals surface area contributed by atoms with Gasteiger partial charge < -0.3 is 4.74 Å². The summed E-state index contributed by atoms with van der Waals surface area (Å²) in [6.07, 6.45) is 14.1. The molecule has 27 heavy (non-hydrogen) atoms. The lowest BCUT2D eigenvalue weighted by Crippen LogP contribution is -2.15. The molecule has 146 valence electrons. The Labute approximate surface area is 166 Å². The summed E-state index contributed by atoms with van der Waals surface area (Å²) < 4.78 is 6.23. The second kappa shape index (κ2) is 10.3. The average molecular weight is 384 g/mol. The Kier molecular flexibility index (Phi) is 7.77. The first-order valence-electron chi connectivity index (χ1n) is 10.8. The van der Waals surface area contributed by atoms with Crippen molar-refractivity contribution in [3.63, 3.8) is 0 Å². The van der Waals surface area contributed by atoms with Crippen molar-refractivity contribution in [2.75, 3.05) is 25.1 Å². The summed E-state index contributed by atoms with van der Waals surface area (Å²) in [6.45, 7) is 5.17. The van der Waals surface area contributed by atoms with Crippen LogP contribution in [-0.4, -0.2) is 25.1 Å². The predicted molar refractivity (Wildman–Crippen MR) is 121 cm³/mol. The van der Waals surface area contributed by atoms with Gasteiger partial charge in [0.2, 0.25) is 0 Å². The third-order valence-corrected chi connectivity index (χ3v) is 10.9. The van der Waals surface area contributed by atoms with Crippen molar-refractivity contribution in [2.24, 2.45) is 0 Å². The van der Waals surface area contributed by atoms with Crippen molar-refractivity contribution < 1.29 is 4.74 Å². The zero-order chi connectivity index (χ0) is 19.0. The normalized spacial score (nSPS) is 17.1. The highest BCUT2D eigenvalue weighted by atomic mass is 31.2. The second-order valence-electron chi connectivity index (χ2n) is 8.35. The molecule has 1 heterocycles. The summed E-state index contributed by atoms with van der Waals surface area (Å²) >= 11 is 0. The highest BCUT2D eigenvalue weighted by Crippen LogP contribution is 2.63. The molecule has 1 nitrogen and oxygen atoms in total. The van der Waals surface area contributed by atoms with E-state index in [4.69, 9.17) is 4.74 Å². The van der Waals surface area contributed by atoms with Crippen molar-refractivity contribution in [3.8, 4) is 5.75 Å². The fourth-order valence-electron chi connectivity index (χ4n) is 4.57. The first-order chi connectivity index (χ1) is 13.2. The number of para-hydroxylation sites is 1. The van der Waals surface area contributed by atoms with E-state index in [0.717, 1.165) is 12.4 Å². The number of benzene rings is 2. The highest BCUT2D eigenvalue weighted by molar-refractivity contribution is 7.75. The standard InChI is InChI=1S/C25H36OP/c1-22-13-11-14-23(2)25(22)26-17-12-20-27(18-9-4-3-5-10-19-27)21-24-15-7-6-8-16-24/h6-8,11,13-16H,3-5,9-10,12,17-21H2,1-2H3/q+1. The molecule has 0 unspecified atom stereocenters. The van der Waals surface area contributed by atoms with E-state index in [0.29, 0.717) is 0 Å². The predicted octanol–water partition coefficient (Wildman–Crippen LogP) is 7.25. The Morgan fingerprint density at radius 2 is 1.41 bits per heavy atom. The fraction of sp³-hybridized carbons (Fsp3) is 0.520. The molecule has 1 aliphatic rings. The molecule has 0 N–H and O–H groups in total. The maximum Gasteiger partial charge on any atom is 0.125 e. The maximum atomic E-state index is 6.23. The van der Waals surface area contributed by atoms with Crippen molar-refractivity contribution in [1.29, 1.82) is 0 Å². The molecule has 0 bridgehead atoms. The van der Waals surface area contributed by atoms with Gasteiger partial charge in [-0.1, -0.05) is 55.0 Å². The molecule has 1 aliphatic heterocycles. The van der Waals surface area contributed by atoms with E-state index in [1.54, 1.807) is 5.56 Å². The van der Waals surface area contributed by atoms with Crippen molar-refractivity contribution in [3.05, 3.63) is 65.2 Å². The van der Waals surface area contributed by atoms with Gasteiger partial charge in [-0.3, -0.25) is 0 Å². The maximum absolute atomic E-state index is 6.23. The van der Waals surface area contributed by atoms with Crippen molar-refractivity contribution >= 4 is 7.26 Å². The molecule has 0 spiro atoms. The van der Waals surface area contributed by atoms with Crippen LogP contribution in [0.1, 0.15) is 55.2 Å². The van der Waals surface area contributed by atoms with E-state index in [9.17, 15) is 0 Å².